The molecule has 0 unspecified atom stereocenters. The van der Waals surface area contributed by atoms with E-state index in [-0.39, 0.29) is 10.5 Å². The lowest BCUT2D eigenvalue weighted by molar-refractivity contribution is -0.123. The van der Waals surface area contributed by atoms with Crippen molar-refractivity contribution in [3.63, 3.8) is 0 Å². The normalized spacial score (nSPS) is 15.9. The van der Waals surface area contributed by atoms with Crippen molar-refractivity contribution in [3.8, 4) is 0 Å². The van der Waals surface area contributed by atoms with Gasteiger partial charge in [-0.2, -0.15) is 4.31 Å². The van der Waals surface area contributed by atoms with Crippen molar-refractivity contribution in [2.75, 3.05) is 18.4 Å². The molecule has 2 aromatic rings. The highest BCUT2D eigenvalue weighted by molar-refractivity contribution is 7.89. The summed E-state index contributed by atoms with van der Waals surface area (Å²) < 4.78 is 32.8. The largest absolute Gasteiger partial charge is 0.449 e. The van der Waals surface area contributed by atoms with Crippen LogP contribution in [0.1, 0.15) is 42.1 Å². The molecule has 1 aliphatic rings. The molecule has 8 heteroatoms. The van der Waals surface area contributed by atoms with E-state index in [1.54, 1.807) is 37.3 Å². The number of hydrogen-bond donors (Lipinski definition) is 1. The molecule has 30 heavy (non-hydrogen) atoms. The third-order valence-electron chi connectivity index (χ3n) is 5.05. The summed E-state index contributed by atoms with van der Waals surface area (Å²) in [6.07, 6.45) is 1.63. The molecule has 1 fully saturated rings. The third-order valence-corrected chi connectivity index (χ3v) is 7.09. The van der Waals surface area contributed by atoms with Crippen LogP contribution in [0.2, 0.25) is 0 Å². The summed E-state index contributed by atoms with van der Waals surface area (Å²) in [5.74, 6) is -1.22. The number of rotatable bonds is 6. The van der Waals surface area contributed by atoms with Crippen LogP contribution in [0.15, 0.2) is 53.4 Å². The lowest BCUT2D eigenvalue weighted by Gasteiger charge is -2.26. The predicted molar refractivity (Wildman–Crippen MR) is 114 cm³/mol. The van der Waals surface area contributed by atoms with Crippen molar-refractivity contribution in [2.24, 2.45) is 0 Å². The van der Waals surface area contributed by atoms with Crippen molar-refractivity contribution in [1.82, 2.24) is 4.31 Å². The monoisotopic (exact) mass is 430 g/mol. The van der Waals surface area contributed by atoms with Crippen molar-refractivity contribution < 1.29 is 22.7 Å². The Morgan fingerprint density at radius 3 is 2.37 bits per heavy atom. The molecule has 1 amide bonds. The number of ether oxygens (including phenoxy) is 1. The first-order valence-electron chi connectivity index (χ1n) is 9.97. The molecule has 0 bridgehead atoms. The van der Waals surface area contributed by atoms with Crippen LogP contribution in [0.5, 0.6) is 0 Å². The van der Waals surface area contributed by atoms with Gasteiger partial charge in [-0.05, 0) is 56.5 Å². The van der Waals surface area contributed by atoms with Gasteiger partial charge in [-0.1, -0.05) is 30.7 Å². The van der Waals surface area contributed by atoms with Crippen molar-refractivity contribution in [3.05, 3.63) is 59.7 Å². The average Bonchev–Trinajstić information content (AvgIpc) is 2.75. The molecule has 0 aromatic heterocycles. The smallest absolute Gasteiger partial charge is 0.338 e. The number of para-hydroxylation sites is 1. The molecule has 0 radical (unpaired) electrons. The Morgan fingerprint density at radius 2 is 1.70 bits per heavy atom. The number of carbonyl (C=O) groups excluding carboxylic acids is 2. The summed E-state index contributed by atoms with van der Waals surface area (Å²) in [5.41, 5.74) is 1.25. The number of nitrogens with one attached hydrogen (secondary N) is 1. The molecular formula is C22H26N2O5S. The van der Waals surface area contributed by atoms with Gasteiger partial charge in [-0.15, -0.1) is 0 Å². The fraction of sp³-hybridized carbons (Fsp3) is 0.364. The summed E-state index contributed by atoms with van der Waals surface area (Å²) in [4.78, 5) is 24.9. The molecule has 1 N–H and O–H groups in total. The lowest BCUT2D eigenvalue weighted by atomic mass is 10.1. The third kappa shape index (κ3) is 5.06. The van der Waals surface area contributed by atoms with Crippen LogP contribution in [0.4, 0.5) is 5.69 Å². The highest BCUT2D eigenvalue weighted by Crippen LogP contribution is 2.25. The Morgan fingerprint density at radius 1 is 1.03 bits per heavy atom. The maximum Gasteiger partial charge on any atom is 0.338 e. The summed E-state index contributed by atoms with van der Waals surface area (Å²) in [6.45, 7) is 4.12. The van der Waals surface area contributed by atoms with Crippen LogP contribution in [0.25, 0.3) is 0 Å². The summed E-state index contributed by atoms with van der Waals surface area (Å²) in [7, 11) is -3.69. The van der Waals surface area contributed by atoms with E-state index in [2.05, 4.69) is 5.32 Å². The van der Waals surface area contributed by atoms with E-state index < -0.39 is 28.0 Å². The van der Waals surface area contributed by atoms with Gasteiger partial charge in [-0.25, -0.2) is 13.2 Å². The highest BCUT2D eigenvalue weighted by Gasteiger charge is 2.28. The SMILES string of the molecule is Cc1ccc(C(=O)O[C@H](C)C(=O)Nc2ccccc2)cc1S(=O)(=O)N1CCCCC1. The van der Waals surface area contributed by atoms with Crippen LogP contribution in [-0.4, -0.2) is 43.8 Å². The molecule has 160 valence electrons. The van der Waals surface area contributed by atoms with Gasteiger partial charge in [0.2, 0.25) is 10.0 Å². The Hall–Kier alpha value is -2.71. The second-order valence-corrected chi connectivity index (χ2v) is 9.25. The van der Waals surface area contributed by atoms with E-state index in [0.717, 1.165) is 19.3 Å². The zero-order valence-corrected chi connectivity index (χ0v) is 17.9. The first kappa shape index (κ1) is 22.0. The van der Waals surface area contributed by atoms with Gasteiger partial charge in [0.1, 0.15) is 0 Å². The molecule has 1 atom stereocenters. The molecule has 1 heterocycles. The predicted octanol–water partition coefficient (Wildman–Crippen LogP) is 3.35. The molecule has 0 aliphatic carbocycles. The summed E-state index contributed by atoms with van der Waals surface area (Å²) >= 11 is 0. The zero-order valence-electron chi connectivity index (χ0n) is 17.1. The number of nitrogens with zero attached hydrogens (tertiary/aromatic N) is 1. The van der Waals surface area contributed by atoms with Crippen LogP contribution in [0.3, 0.4) is 0 Å². The quantitative estimate of drug-likeness (QED) is 0.710. The standard InChI is InChI=1S/C22H26N2O5S/c1-16-11-12-18(15-20(16)30(27,28)24-13-7-4-8-14-24)22(26)29-17(2)21(25)23-19-9-5-3-6-10-19/h3,5-6,9-12,15,17H,4,7-8,13-14H2,1-2H3,(H,23,25)/t17-/m1/s1. The molecule has 0 spiro atoms. The maximum atomic E-state index is 13.0. The Bertz CT molecular complexity index is 1020. The van der Waals surface area contributed by atoms with E-state index >= 15 is 0 Å². The number of sulfonamides is 1. The topological polar surface area (TPSA) is 92.8 Å². The highest BCUT2D eigenvalue weighted by atomic mass is 32.2. The van der Waals surface area contributed by atoms with Gasteiger partial charge in [0.25, 0.3) is 5.91 Å². The van der Waals surface area contributed by atoms with Gasteiger partial charge >= 0.3 is 5.97 Å². The van der Waals surface area contributed by atoms with E-state index in [1.165, 1.54) is 23.4 Å². The van der Waals surface area contributed by atoms with Gasteiger partial charge in [-0.3, -0.25) is 4.79 Å². The van der Waals surface area contributed by atoms with Crippen molar-refractivity contribution in [2.45, 2.75) is 44.1 Å². The Labute approximate surface area is 177 Å². The molecule has 1 saturated heterocycles. The number of benzene rings is 2. The Balaban J connectivity index is 1.73. The van der Waals surface area contributed by atoms with E-state index in [4.69, 9.17) is 4.74 Å². The van der Waals surface area contributed by atoms with Crippen LogP contribution < -0.4 is 5.32 Å². The molecule has 2 aromatic carbocycles. The molecule has 7 nitrogen and oxygen atoms in total. The fourth-order valence-electron chi connectivity index (χ4n) is 3.30. The number of piperidine rings is 1. The first-order chi connectivity index (χ1) is 14.3. The minimum atomic E-state index is -3.69. The van der Waals surface area contributed by atoms with Gasteiger partial charge in [0.05, 0.1) is 10.5 Å². The maximum absolute atomic E-state index is 13.0. The summed E-state index contributed by atoms with van der Waals surface area (Å²) in [5, 5.41) is 2.67. The molecule has 0 saturated carbocycles. The molecule has 3 rings (SSSR count). The van der Waals surface area contributed by atoms with Gasteiger partial charge in [0.15, 0.2) is 6.10 Å². The van der Waals surface area contributed by atoms with Gasteiger partial charge in [0, 0.05) is 18.8 Å². The Kier molecular flexibility index (Phi) is 6.89. The van der Waals surface area contributed by atoms with Crippen LogP contribution in [-0.2, 0) is 19.6 Å². The number of esters is 1. The van der Waals surface area contributed by atoms with Crippen LogP contribution >= 0.6 is 0 Å². The minimum absolute atomic E-state index is 0.0931. The lowest BCUT2D eigenvalue weighted by Crippen LogP contribution is -2.36. The second-order valence-electron chi connectivity index (χ2n) is 7.35. The minimum Gasteiger partial charge on any atom is -0.449 e. The van der Waals surface area contributed by atoms with Crippen molar-refractivity contribution in [1.29, 1.82) is 0 Å². The first-order valence-corrected chi connectivity index (χ1v) is 11.4. The number of aryl methyl sites for hydroxylation is 1. The van der Waals surface area contributed by atoms with E-state index in [9.17, 15) is 18.0 Å². The fourth-order valence-corrected chi connectivity index (χ4v) is 5.06. The van der Waals surface area contributed by atoms with E-state index in [0.29, 0.717) is 24.3 Å². The van der Waals surface area contributed by atoms with Gasteiger partial charge < -0.3 is 10.1 Å². The molecule has 1 aliphatic heterocycles. The zero-order chi connectivity index (χ0) is 21.7. The average molecular weight is 431 g/mol. The summed E-state index contributed by atoms with van der Waals surface area (Å²) in [6, 6.07) is 13.3. The number of hydrogen-bond acceptors (Lipinski definition) is 5. The number of anilines is 1. The van der Waals surface area contributed by atoms with E-state index in [1.807, 2.05) is 6.07 Å². The number of carbonyl (C=O) groups is 2. The number of amides is 1. The molecular weight excluding hydrogens is 404 g/mol. The van der Waals surface area contributed by atoms with Crippen molar-refractivity contribution >= 4 is 27.6 Å². The second kappa shape index (κ2) is 9.40. The van der Waals surface area contributed by atoms with Crippen LogP contribution in [0, 0.1) is 6.92 Å².